The van der Waals surface area contributed by atoms with Crippen LogP contribution in [-0.2, 0) is 21.4 Å². The van der Waals surface area contributed by atoms with E-state index >= 15 is 0 Å². The van der Waals surface area contributed by atoms with Crippen molar-refractivity contribution >= 4 is 33.0 Å². The summed E-state index contributed by atoms with van der Waals surface area (Å²) in [4.78, 5) is 16.6. The molecule has 0 aliphatic heterocycles. The van der Waals surface area contributed by atoms with Crippen molar-refractivity contribution in [2.45, 2.75) is 6.61 Å². The third kappa shape index (κ3) is 4.46. The fourth-order valence-electron chi connectivity index (χ4n) is 2.05. The Morgan fingerprint density at radius 3 is 2.80 bits per heavy atom. The summed E-state index contributed by atoms with van der Waals surface area (Å²) in [5.41, 5.74) is 0.886. The van der Waals surface area contributed by atoms with E-state index in [9.17, 15) is 13.2 Å². The molecule has 0 spiro atoms. The Balaban J connectivity index is 1.69. The first-order valence-corrected chi connectivity index (χ1v) is 9.92. The number of nitrogens with one attached hydrogen (secondary N) is 1. The van der Waals surface area contributed by atoms with Gasteiger partial charge in [-0.1, -0.05) is 12.1 Å². The summed E-state index contributed by atoms with van der Waals surface area (Å²) < 4.78 is 35.6. The molecule has 9 heteroatoms. The van der Waals surface area contributed by atoms with Crippen molar-refractivity contribution in [2.75, 3.05) is 11.0 Å². The highest BCUT2D eigenvalue weighted by Gasteiger charge is 2.16. The lowest BCUT2D eigenvalue weighted by Gasteiger charge is -2.09. The van der Waals surface area contributed by atoms with E-state index in [2.05, 4.69) is 9.71 Å². The second kappa shape index (κ2) is 7.08. The minimum Gasteiger partial charge on any atom is -0.462 e. The molecule has 0 saturated carbocycles. The minimum absolute atomic E-state index is 0.0246. The van der Waals surface area contributed by atoms with Gasteiger partial charge < -0.3 is 9.15 Å². The Labute approximate surface area is 148 Å². The summed E-state index contributed by atoms with van der Waals surface area (Å²) in [6, 6.07) is 9.80. The summed E-state index contributed by atoms with van der Waals surface area (Å²) in [6.07, 6.45) is 2.57. The maximum atomic E-state index is 12.3. The standard InChI is InChI=1S/C16H14N2O5S2/c1-25(20,21)18-13-6-3-2-5-12(13)16(19)23-9-11-10-24-15(17-11)14-7-4-8-22-14/h2-8,10,18H,9H2,1H3. The van der Waals surface area contributed by atoms with E-state index in [1.807, 2.05) is 0 Å². The number of para-hydroxylation sites is 1. The molecule has 0 atom stereocenters. The topological polar surface area (TPSA) is 98.5 Å². The van der Waals surface area contributed by atoms with Crippen LogP contribution in [-0.4, -0.2) is 25.6 Å². The van der Waals surface area contributed by atoms with Crippen LogP contribution >= 0.6 is 11.3 Å². The number of hydrogen-bond acceptors (Lipinski definition) is 7. The van der Waals surface area contributed by atoms with Gasteiger partial charge in [0.05, 0.1) is 29.5 Å². The number of carbonyl (C=O) groups is 1. The zero-order valence-electron chi connectivity index (χ0n) is 13.1. The SMILES string of the molecule is CS(=O)(=O)Nc1ccccc1C(=O)OCc1csc(-c2ccco2)n1. The van der Waals surface area contributed by atoms with Crippen molar-refractivity contribution in [3.8, 4) is 10.8 Å². The van der Waals surface area contributed by atoms with Gasteiger partial charge in [-0.15, -0.1) is 11.3 Å². The number of carbonyl (C=O) groups excluding carboxylic acids is 1. The van der Waals surface area contributed by atoms with Gasteiger partial charge in [0.25, 0.3) is 0 Å². The van der Waals surface area contributed by atoms with E-state index in [-0.39, 0.29) is 17.9 Å². The molecule has 0 aliphatic carbocycles. The highest BCUT2D eigenvalue weighted by Crippen LogP contribution is 2.24. The van der Waals surface area contributed by atoms with Gasteiger partial charge in [0.2, 0.25) is 10.0 Å². The largest absolute Gasteiger partial charge is 0.462 e. The van der Waals surface area contributed by atoms with Crippen molar-refractivity contribution in [1.82, 2.24) is 4.98 Å². The van der Waals surface area contributed by atoms with E-state index in [0.29, 0.717) is 16.5 Å². The lowest BCUT2D eigenvalue weighted by Crippen LogP contribution is -2.14. The van der Waals surface area contributed by atoms with Crippen molar-refractivity contribution in [1.29, 1.82) is 0 Å². The second-order valence-corrected chi connectivity index (χ2v) is 7.72. The van der Waals surface area contributed by atoms with Crippen molar-refractivity contribution < 1.29 is 22.4 Å². The van der Waals surface area contributed by atoms with Gasteiger partial charge in [0, 0.05) is 5.38 Å². The van der Waals surface area contributed by atoms with E-state index in [0.717, 1.165) is 6.26 Å². The number of furan rings is 1. The Kier molecular flexibility index (Phi) is 4.86. The number of thiazole rings is 1. The van der Waals surface area contributed by atoms with Gasteiger partial charge in [0.15, 0.2) is 10.8 Å². The van der Waals surface area contributed by atoms with E-state index in [1.54, 1.807) is 35.9 Å². The van der Waals surface area contributed by atoms with Crippen LogP contribution in [0.25, 0.3) is 10.8 Å². The molecule has 7 nitrogen and oxygen atoms in total. The van der Waals surface area contributed by atoms with E-state index in [4.69, 9.17) is 9.15 Å². The third-order valence-electron chi connectivity index (χ3n) is 3.08. The molecule has 0 saturated heterocycles. The third-order valence-corrected chi connectivity index (χ3v) is 4.57. The lowest BCUT2D eigenvalue weighted by atomic mass is 10.2. The van der Waals surface area contributed by atoms with Gasteiger partial charge >= 0.3 is 5.97 Å². The number of rotatable bonds is 6. The molecule has 3 aromatic rings. The minimum atomic E-state index is -3.50. The Morgan fingerprint density at radius 1 is 1.28 bits per heavy atom. The Bertz CT molecular complexity index is 978. The highest BCUT2D eigenvalue weighted by atomic mass is 32.2. The average Bonchev–Trinajstić information content (AvgIpc) is 3.23. The van der Waals surface area contributed by atoms with Crippen LogP contribution in [0.4, 0.5) is 5.69 Å². The molecule has 1 N–H and O–H groups in total. The number of nitrogens with zero attached hydrogens (tertiary/aromatic N) is 1. The molecule has 2 heterocycles. The fraction of sp³-hybridized carbons (Fsp3) is 0.125. The molecule has 0 fully saturated rings. The van der Waals surface area contributed by atoms with Crippen molar-refractivity contribution in [3.63, 3.8) is 0 Å². The summed E-state index contributed by atoms with van der Waals surface area (Å²) in [7, 11) is -3.50. The molecule has 2 aromatic heterocycles. The number of benzene rings is 1. The zero-order valence-corrected chi connectivity index (χ0v) is 14.8. The Morgan fingerprint density at radius 2 is 2.08 bits per heavy atom. The normalized spacial score (nSPS) is 11.2. The van der Waals surface area contributed by atoms with Crippen molar-refractivity contribution in [2.24, 2.45) is 0 Å². The molecule has 3 rings (SSSR count). The fourth-order valence-corrected chi connectivity index (χ4v) is 3.40. The van der Waals surface area contributed by atoms with Gasteiger partial charge in [-0.2, -0.15) is 0 Å². The first-order valence-electron chi connectivity index (χ1n) is 7.14. The summed E-state index contributed by atoms with van der Waals surface area (Å²) in [5, 5.41) is 2.46. The predicted molar refractivity (Wildman–Crippen MR) is 93.8 cm³/mol. The number of anilines is 1. The maximum Gasteiger partial charge on any atom is 0.340 e. The zero-order chi connectivity index (χ0) is 17.9. The van der Waals surface area contributed by atoms with Crippen LogP contribution in [0.15, 0.2) is 52.5 Å². The number of ether oxygens (including phenoxy) is 1. The number of aromatic nitrogens is 1. The van der Waals surface area contributed by atoms with Crippen LogP contribution in [0.5, 0.6) is 0 Å². The van der Waals surface area contributed by atoms with Gasteiger partial charge in [0.1, 0.15) is 6.61 Å². The monoisotopic (exact) mass is 378 g/mol. The van der Waals surface area contributed by atoms with Gasteiger partial charge in [-0.05, 0) is 24.3 Å². The van der Waals surface area contributed by atoms with E-state index in [1.165, 1.54) is 23.5 Å². The average molecular weight is 378 g/mol. The molecule has 130 valence electrons. The predicted octanol–water partition coefficient (Wildman–Crippen LogP) is 3.13. The smallest absolute Gasteiger partial charge is 0.340 e. The molecule has 0 amide bonds. The summed E-state index contributed by atoms with van der Waals surface area (Å²) in [5.74, 6) is 0.00423. The summed E-state index contributed by atoms with van der Waals surface area (Å²) >= 11 is 1.38. The summed E-state index contributed by atoms with van der Waals surface area (Å²) in [6.45, 7) is -0.0246. The first-order chi connectivity index (χ1) is 11.9. The van der Waals surface area contributed by atoms with Crippen LogP contribution in [0, 0.1) is 0 Å². The van der Waals surface area contributed by atoms with Crippen LogP contribution in [0.1, 0.15) is 16.1 Å². The number of esters is 1. The molecular weight excluding hydrogens is 364 g/mol. The maximum absolute atomic E-state index is 12.3. The Hall–Kier alpha value is -2.65. The van der Waals surface area contributed by atoms with Crippen LogP contribution in [0.3, 0.4) is 0 Å². The van der Waals surface area contributed by atoms with Gasteiger partial charge in [-0.25, -0.2) is 18.2 Å². The molecule has 0 radical (unpaired) electrons. The molecule has 0 aliphatic rings. The van der Waals surface area contributed by atoms with Crippen LogP contribution in [0.2, 0.25) is 0 Å². The molecule has 0 unspecified atom stereocenters. The first kappa shape index (κ1) is 17.2. The van der Waals surface area contributed by atoms with Crippen LogP contribution < -0.4 is 4.72 Å². The number of hydrogen-bond donors (Lipinski definition) is 1. The quantitative estimate of drug-likeness (QED) is 0.662. The second-order valence-electron chi connectivity index (χ2n) is 5.12. The van der Waals surface area contributed by atoms with Gasteiger partial charge in [-0.3, -0.25) is 4.72 Å². The van der Waals surface area contributed by atoms with E-state index < -0.39 is 16.0 Å². The highest BCUT2D eigenvalue weighted by molar-refractivity contribution is 7.92. The molecule has 0 bridgehead atoms. The molecular formula is C16H14N2O5S2. The molecule has 25 heavy (non-hydrogen) atoms. The van der Waals surface area contributed by atoms with Crippen molar-refractivity contribution in [3.05, 3.63) is 59.3 Å². The molecule has 1 aromatic carbocycles. The lowest BCUT2D eigenvalue weighted by molar-refractivity contribution is 0.0470. The number of sulfonamides is 1.